The van der Waals surface area contributed by atoms with Crippen molar-refractivity contribution in [3.05, 3.63) is 0 Å². The van der Waals surface area contributed by atoms with Gasteiger partial charge in [-0.2, -0.15) is 0 Å². The third kappa shape index (κ3) is 11.9. The van der Waals surface area contributed by atoms with E-state index in [0.717, 1.165) is 0 Å². The molecule has 0 aliphatic rings. The molecule has 0 N–H and O–H groups in total. The van der Waals surface area contributed by atoms with Gasteiger partial charge in [0.2, 0.25) is 0 Å². The summed E-state index contributed by atoms with van der Waals surface area (Å²) in [6.07, 6.45) is 4.05. The Labute approximate surface area is 71.0 Å². The van der Waals surface area contributed by atoms with E-state index in [0.29, 0.717) is 0 Å². The fourth-order valence-electron chi connectivity index (χ4n) is 0.678. The van der Waals surface area contributed by atoms with E-state index in [1.165, 1.54) is 25.8 Å². The molecule has 0 fully saturated rings. The standard InChI is InChI=1S/C7H17N.Li/c1-4-5-6-7-8(2)3;/h4-7H2,1-3H3;. The van der Waals surface area contributed by atoms with E-state index >= 15 is 0 Å². The van der Waals surface area contributed by atoms with Crippen molar-refractivity contribution in [1.82, 2.24) is 4.90 Å². The normalized spacial score (nSPS) is 9.33. The van der Waals surface area contributed by atoms with E-state index in [9.17, 15) is 0 Å². The van der Waals surface area contributed by atoms with E-state index in [4.69, 9.17) is 0 Å². The molecule has 0 aromatic carbocycles. The van der Waals surface area contributed by atoms with Gasteiger partial charge in [-0.1, -0.05) is 19.8 Å². The molecule has 0 aliphatic carbocycles. The summed E-state index contributed by atoms with van der Waals surface area (Å²) in [6, 6.07) is 0. The molecule has 0 aliphatic heterocycles. The van der Waals surface area contributed by atoms with Crippen molar-refractivity contribution in [3.8, 4) is 0 Å². The van der Waals surface area contributed by atoms with Gasteiger partial charge in [0.15, 0.2) is 0 Å². The largest absolute Gasteiger partial charge is 0.309 e. The third-order valence-electron chi connectivity index (χ3n) is 1.21. The average molecular weight is 122 g/mol. The van der Waals surface area contributed by atoms with Crippen LogP contribution in [0.15, 0.2) is 0 Å². The molecule has 0 atom stereocenters. The van der Waals surface area contributed by atoms with Crippen molar-refractivity contribution in [2.24, 2.45) is 0 Å². The second-order valence-corrected chi connectivity index (χ2v) is 2.51. The molecule has 0 unspecified atom stereocenters. The topological polar surface area (TPSA) is 3.24 Å². The van der Waals surface area contributed by atoms with Crippen molar-refractivity contribution in [3.63, 3.8) is 0 Å². The Morgan fingerprint density at radius 2 is 1.67 bits per heavy atom. The first-order valence-electron chi connectivity index (χ1n) is 3.42. The van der Waals surface area contributed by atoms with Crippen LogP contribution in [0.2, 0.25) is 0 Å². The van der Waals surface area contributed by atoms with Gasteiger partial charge < -0.3 is 4.90 Å². The van der Waals surface area contributed by atoms with E-state index in [2.05, 4.69) is 25.9 Å². The zero-order chi connectivity index (χ0) is 6.41. The molecule has 1 radical (unpaired) electrons. The minimum absolute atomic E-state index is 0. The van der Waals surface area contributed by atoms with Gasteiger partial charge in [-0.05, 0) is 27.1 Å². The SMILES string of the molecule is CCCCCN(C)C.[Li]. The van der Waals surface area contributed by atoms with E-state index in [-0.39, 0.29) is 18.9 Å². The molecule has 0 spiro atoms. The third-order valence-corrected chi connectivity index (χ3v) is 1.21. The summed E-state index contributed by atoms with van der Waals surface area (Å²) in [5.74, 6) is 0. The van der Waals surface area contributed by atoms with E-state index in [1.54, 1.807) is 0 Å². The fourth-order valence-corrected chi connectivity index (χ4v) is 0.678. The van der Waals surface area contributed by atoms with Crippen molar-refractivity contribution in [2.75, 3.05) is 20.6 Å². The Bertz CT molecular complexity index is 46.2. The van der Waals surface area contributed by atoms with Gasteiger partial charge in [-0.3, -0.25) is 0 Å². The van der Waals surface area contributed by atoms with Crippen LogP contribution in [-0.4, -0.2) is 44.4 Å². The second-order valence-electron chi connectivity index (χ2n) is 2.51. The van der Waals surface area contributed by atoms with Crippen LogP contribution in [0.4, 0.5) is 0 Å². The van der Waals surface area contributed by atoms with Crippen molar-refractivity contribution in [1.29, 1.82) is 0 Å². The van der Waals surface area contributed by atoms with Crippen molar-refractivity contribution in [2.45, 2.75) is 26.2 Å². The average Bonchev–Trinajstić information content (AvgIpc) is 1.66. The Morgan fingerprint density at radius 1 is 1.11 bits per heavy atom. The van der Waals surface area contributed by atoms with Crippen LogP contribution in [0.5, 0.6) is 0 Å². The molecule has 2 heteroatoms. The zero-order valence-corrected chi connectivity index (χ0v) is 7.28. The summed E-state index contributed by atoms with van der Waals surface area (Å²) in [4.78, 5) is 2.23. The van der Waals surface area contributed by atoms with Gasteiger partial charge >= 0.3 is 0 Å². The number of hydrogen-bond donors (Lipinski definition) is 0. The zero-order valence-electron chi connectivity index (χ0n) is 7.28. The summed E-state index contributed by atoms with van der Waals surface area (Å²) in [5.41, 5.74) is 0. The number of nitrogens with zero attached hydrogens (tertiary/aromatic N) is 1. The van der Waals surface area contributed by atoms with Gasteiger partial charge in [0.05, 0.1) is 0 Å². The molecule has 0 aromatic heterocycles. The van der Waals surface area contributed by atoms with Crippen LogP contribution in [0.25, 0.3) is 0 Å². The van der Waals surface area contributed by atoms with Gasteiger partial charge in [-0.15, -0.1) is 0 Å². The van der Waals surface area contributed by atoms with Gasteiger partial charge in [-0.25, -0.2) is 0 Å². The minimum atomic E-state index is 0. The summed E-state index contributed by atoms with van der Waals surface area (Å²) < 4.78 is 0. The molecule has 0 aromatic rings. The molecule has 0 bridgehead atoms. The molecule has 9 heavy (non-hydrogen) atoms. The Morgan fingerprint density at radius 3 is 2.00 bits per heavy atom. The number of hydrogen-bond acceptors (Lipinski definition) is 1. The first kappa shape index (κ1) is 12.3. The Kier molecular flexibility index (Phi) is 11.7. The smallest absolute Gasteiger partial charge is 0 e. The maximum atomic E-state index is 2.23. The molecule has 0 saturated carbocycles. The monoisotopic (exact) mass is 122 g/mol. The predicted molar refractivity (Wildman–Crippen MR) is 43.8 cm³/mol. The molecular formula is C7H17LiN. The van der Waals surface area contributed by atoms with Crippen LogP contribution in [0.1, 0.15) is 26.2 Å². The minimum Gasteiger partial charge on any atom is -0.309 e. The molecule has 0 saturated heterocycles. The summed E-state index contributed by atoms with van der Waals surface area (Å²) in [5, 5.41) is 0. The molecule has 1 nitrogen and oxygen atoms in total. The molecule has 0 rings (SSSR count). The summed E-state index contributed by atoms with van der Waals surface area (Å²) in [7, 11) is 4.24. The summed E-state index contributed by atoms with van der Waals surface area (Å²) >= 11 is 0. The molecule has 0 amide bonds. The first-order chi connectivity index (χ1) is 3.77. The van der Waals surface area contributed by atoms with Gasteiger partial charge in [0.1, 0.15) is 0 Å². The van der Waals surface area contributed by atoms with Crippen LogP contribution < -0.4 is 0 Å². The maximum Gasteiger partial charge on any atom is 0 e. The molecular weight excluding hydrogens is 105 g/mol. The van der Waals surface area contributed by atoms with Crippen LogP contribution >= 0.6 is 0 Å². The number of unbranched alkanes of at least 4 members (excludes halogenated alkanes) is 2. The van der Waals surface area contributed by atoms with Gasteiger partial charge in [0, 0.05) is 18.9 Å². The van der Waals surface area contributed by atoms with E-state index < -0.39 is 0 Å². The Balaban J connectivity index is 0. The van der Waals surface area contributed by atoms with Crippen LogP contribution in [0, 0.1) is 0 Å². The van der Waals surface area contributed by atoms with Crippen molar-refractivity contribution < 1.29 is 0 Å². The Hall–Kier alpha value is 0.557. The van der Waals surface area contributed by atoms with Gasteiger partial charge in [0.25, 0.3) is 0 Å². The number of rotatable bonds is 4. The predicted octanol–water partition coefficient (Wildman–Crippen LogP) is 1.36. The second kappa shape index (κ2) is 8.56. The maximum absolute atomic E-state index is 2.23. The summed E-state index contributed by atoms with van der Waals surface area (Å²) in [6.45, 7) is 3.48. The fraction of sp³-hybridized carbons (Fsp3) is 1.00. The molecule has 0 heterocycles. The van der Waals surface area contributed by atoms with Crippen molar-refractivity contribution >= 4 is 18.9 Å². The quantitative estimate of drug-likeness (QED) is 0.402. The first-order valence-corrected chi connectivity index (χ1v) is 3.42. The van der Waals surface area contributed by atoms with E-state index in [1.807, 2.05) is 0 Å². The van der Waals surface area contributed by atoms with Crippen LogP contribution in [-0.2, 0) is 0 Å². The molecule has 51 valence electrons. The van der Waals surface area contributed by atoms with Crippen LogP contribution in [0.3, 0.4) is 0 Å².